The predicted molar refractivity (Wildman–Crippen MR) is 48.9 cm³/mol. The van der Waals surface area contributed by atoms with Gasteiger partial charge >= 0.3 is 5.37 Å². The maximum atomic E-state index is 10.7. The summed E-state index contributed by atoms with van der Waals surface area (Å²) in [5.74, 6) is 0. The summed E-state index contributed by atoms with van der Waals surface area (Å²) in [6, 6.07) is 1.59. The molecule has 0 radical (unpaired) electrons. The molecule has 0 aromatic carbocycles. The summed E-state index contributed by atoms with van der Waals surface area (Å²) in [4.78, 5) is 15.7. The van der Waals surface area contributed by atoms with Gasteiger partial charge in [0.25, 0.3) is 0 Å². The Morgan fingerprint density at radius 3 is 2.83 bits per heavy atom. The molecule has 0 aliphatic rings. The molecule has 5 heteroatoms. The van der Waals surface area contributed by atoms with E-state index in [0.29, 0.717) is 10.7 Å². The van der Waals surface area contributed by atoms with E-state index in [4.69, 9.17) is 23.2 Å². The van der Waals surface area contributed by atoms with Crippen molar-refractivity contribution in [3.63, 3.8) is 0 Å². The van der Waals surface area contributed by atoms with Gasteiger partial charge in [0.15, 0.2) is 0 Å². The molecule has 3 nitrogen and oxygen atoms in total. The molecule has 0 unspecified atom stereocenters. The fraction of sp³-hybridized carbons (Fsp3) is 0.143. The number of pyridine rings is 1. The van der Waals surface area contributed by atoms with Crippen molar-refractivity contribution in [2.24, 2.45) is 0 Å². The quantitative estimate of drug-likeness (QED) is 0.521. The standard InChI is InChI=1S/C7H6Cl2N2O/c1-11(7(9)12)6-4-10-3-2-5(6)8/h2-4H,1H3. The summed E-state index contributed by atoms with van der Waals surface area (Å²) >= 11 is 11.0. The fourth-order valence-corrected chi connectivity index (χ4v) is 1.03. The molecule has 1 aromatic rings. The van der Waals surface area contributed by atoms with Crippen LogP contribution in [0.5, 0.6) is 0 Å². The van der Waals surface area contributed by atoms with Gasteiger partial charge in [0, 0.05) is 13.2 Å². The average Bonchev–Trinajstić information content (AvgIpc) is 2.04. The van der Waals surface area contributed by atoms with Gasteiger partial charge in [-0.25, -0.2) is 0 Å². The molecule has 1 aromatic heterocycles. The summed E-state index contributed by atoms with van der Waals surface area (Å²) in [6.45, 7) is 0. The van der Waals surface area contributed by atoms with Gasteiger partial charge in [0.05, 0.1) is 16.9 Å². The first-order valence-electron chi connectivity index (χ1n) is 3.15. The second kappa shape index (κ2) is 3.74. The van der Waals surface area contributed by atoms with Crippen LogP contribution in [-0.4, -0.2) is 17.4 Å². The van der Waals surface area contributed by atoms with Gasteiger partial charge in [-0.05, 0) is 17.7 Å². The highest BCUT2D eigenvalue weighted by Gasteiger charge is 2.10. The number of carbonyl (C=O) groups is 1. The molecule has 0 atom stereocenters. The molecule has 1 heterocycles. The van der Waals surface area contributed by atoms with Crippen LogP contribution in [0.25, 0.3) is 0 Å². The number of halogens is 2. The normalized spacial score (nSPS) is 9.58. The minimum atomic E-state index is -0.593. The van der Waals surface area contributed by atoms with Crippen LogP contribution in [0, 0.1) is 0 Å². The van der Waals surface area contributed by atoms with Crippen LogP contribution in [0.1, 0.15) is 0 Å². The first kappa shape index (κ1) is 9.29. The Bertz CT molecular complexity index is 303. The van der Waals surface area contributed by atoms with Gasteiger partial charge < -0.3 is 0 Å². The van der Waals surface area contributed by atoms with E-state index in [-0.39, 0.29) is 0 Å². The van der Waals surface area contributed by atoms with E-state index < -0.39 is 5.37 Å². The first-order valence-corrected chi connectivity index (χ1v) is 3.91. The highest BCUT2D eigenvalue weighted by Crippen LogP contribution is 2.23. The second-order valence-electron chi connectivity index (χ2n) is 2.14. The largest absolute Gasteiger partial charge is 0.320 e. The van der Waals surface area contributed by atoms with Crippen molar-refractivity contribution in [2.75, 3.05) is 11.9 Å². The van der Waals surface area contributed by atoms with Crippen molar-refractivity contribution >= 4 is 34.3 Å². The number of anilines is 1. The van der Waals surface area contributed by atoms with Crippen LogP contribution < -0.4 is 4.90 Å². The van der Waals surface area contributed by atoms with Crippen molar-refractivity contribution in [2.45, 2.75) is 0 Å². The maximum absolute atomic E-state index is 10.7. The summed E-state index contributed by atoms with van der Waals surface area (Å²) < 4.78 is 0. The molecule has 0 bridgehead atoms. The third-order valence-corrected chi connectivity index (χ3v) is 1.95. The van der Waals surface area contributed by atoms with Crippen molar-refractivity contribution in [1.82, 2.24) is 4.98 Å². The van der Waals surface area contributed by atoms with Crippen molar-refractivity contribution < 1.29 is 4.79 Å². The summed E-state index contributed by atoms with van der Waals surface area (Å²) in [5.41, 5.74) is 0.499. The lowest BCUT2D eigenvalue weighted by Crippen LogP contribution is -2.19. The number of carbonyl (C=O) groups excluding carboxylic acids is 1. The molecule has 1 amide bonds. The van der Waals surface area contributed by atoms with E-state index in [1.807, 2.05) is 0 Å². The van der Waals surface area contributed by atoms with E-state index in [9.17, 15) is 4.79 Å². The summed E-state index contributed by atoms with van der Waals surface area (Å²) in [5, 5.41) is -0.147. The maximum Gasteiger partial charge on any atom is 0.320 e. The van der Waals surface area contributed by atoms with E-state index >= 15 is 0 Å². The number of hydrogen-bond donors (Lipinski definition) is 0. The monoisotopic (exact) mass is 204 g/mol. The van der Waals surface area contributed by atoms with E-state index in [2.05, 4.69) is 4.98 Å². The minimum absolute atomic E-state index is 0.446. The summed E-state index contributed by atoms with van der Waals surface area (Å²) in [6.07, 6.45) is 3.01. The third kappa shape index (κ3) is 1.87. The zero-order valence-corrected chi connectivity index (χ0v) is 7.80. The molecule has 0 fully saturated rings. The Hall–Kier alpha value is -0.800. The van der Waals surface area contributed by atoms with Gasteiger partial charge in [0.1, 0.15) is 0 Å². The Balaban J connectivity index is 3.02. The number of hydrogen-bond acceptors (Lipinski definition) is 2. The Morgan fingerprint density at radius 1 is 1.67 bits per heavy atom. The lowest BCUT2D eigenvalue weighted by Gasteiger charge is -2.13. The number of amides is 1. The molecule has 0 saturated carbocycles. The Labute approximate surface area is 79.9 Å². The van der Waals surface area contributed by atoms with Crippen LogP contribution in [0.15, 0.2) is 18.5 Å². The zero-order valence-electron chi connectivity index (χ0n) is 6.29. The molecule has 0 spiro atoms. The first-order chi connectivity index (χ1) is 5.63. The van der Waals surface area contributed by atoms with E-state index in [0.717, 1.165) is 0 Å². The topological polar surface area (TPSA) is 33.2 Å². The molecule has 0 aliphatic carbocycles. The Kier molecular flexibility index (Phi) is 2.89. The van der Waals surface area contributed by atoms with Gasteiger partial charge in [0.2, 0.25) is 0 Å². The number of aromatic nitrogens is 1. The molecule has 0 aliphatic heterocycles. The van der Waals surface area contributed by atoms with Crippen molar-refractivity contribution in [3.05, 3.63) is 23.5 Å². The average molecular weight is 205 g/mol. The fourth-order valence-electron chi connectivity index (χ4n) is 0.711. The third-order valence-electron chi connectivity index (χ3n) is 1.37. The SMILES string of the molecule is CN(C(=O)Cl)c1cnccc1Cl. The van der Waals surface area contributed by atoms with E-state index in [1.165, 1.54) is 18.1 Å². The Morgan fingerprint density at radius 2 is 2.33 bits per heavy atom. The number of rotatable bonds is 1. The lowest BCUT2D eigenvalue weighted by atomic mass is 10.4. The highest BCUT2D eigenvalue weighted by molar-refractivity contribution is 6.66. The molecule has 12 heavy (non-hydrogen) atoms. The van der Waals surface area contributed by atoms with Crippen LogP contribution in [0.3, 0.4) is 0 Å². The van der Waals surface area contributed by atoms with Gasteiger partial charge in [-0.3, -0.25) is 14.7 Å². The lowest BCUT2D eigenvalue weighted by molar-refractivity contribution is 0.265. The zero-order chi connectivity index (χ0) is 9.14. The predicted octanol–water partition coefficient (Wildman–Crippen LogP) is 2.53. The molecule has 0 N–H and O–H groups in total. The molecule has 1 rings (SSSR count). The molecule has 64 valence electrons. The van der Waals surface area contributed by atoms with Crippen LogP contribution in [-0.2, 0) is 0 Å². The van der Waals surface area contributed by atoms with Crippen LogP contribution in [0.2, 0.25) is 5.02 Å². The van der Waals surface area contributed by atoms with Gasteiger partial charge in [-0.1, -0.05) is 11.6 Å². The van der Waals surface area contributed by atoms with E-state index in [1.54, 1.807) is 12.3 Å². The van der Waals surface area contributed by atoms with Gasteiger partial charge in [-0.15, -0.1) is 0 Å². The smallest absolute Gasteiger partial charge is 0.299 e. The van der Waals surface area contributed by atoms with Crippen LogP contribution in [0.4, 0.5) is 10.5 Å². The second-order valence-corrected chi connectivity index (χ2v) is 2.87. The van der Waals surface area contributed by atoms with Crippen LogP contribution >= 0.6 is 23.2 Å². The minimum Gasteiger partial charge on any atom is -0.299 e. The molecule has 0 saturated heterocycles. The van der Waals surface area contributed by atoms with Crippen molar-refractivity contribution in [3.8, 4) is 0 Å². The highest BCUT2D eigenvalue weighted by atomic mass is 35.5. The van der Waals surface area contributed by atoms with Gasteiger partial charge in [-0.2, -0.15) is 0 Å². The number of nitrogens with zero attached hydrogens (tertiary/aromatic N) is 2. The molecular formula is C7H6Cl2N2O. The van der Waals surface area contributed by atoms with Crippen molar-refractivity contribution in [1.29, 1.82) is 0 Å². The summed E-state index contributed by atoms with van der Waals surface area (Å²) in [7, 11) is 1.53. The molecular weight excluding hydrogens is 199 g/mol.